The van der Waals surface area contributed by atoms with E-state index in [1.165, 1.54) is 12.1 Å². The number of ether oxygens (including phenoxy) is 1. The summed E-state index contributed by atoms with van der Waals surface area (Å²) in [6.07, 6.45) is 0.236. The number of carbonyl (C=O) groups excluding carboxylic acids is 1. The van der Waals surface area contributed by atoms with E-state index >= 15 is 0 Å². The SMILES string of the molecule is CN1C(=O)c2cccc(OC(F)F)c2[C@H]2CC1c1nc3ccc(C#CC4CC4(F)F)cc3n12. The quantitative estimate of drug-likeness (QED) is 0.414. The normalized spacial score (nSPS) is 24.2. The van der Waals surface area contributed by atoms with Gasteiger partial charge in [-0.25, -0.2) is 13.8 Å². The van der Waals surface area contributed by atoms with Gasteiger partial charge in [-0.15, -0.1) is 0 Å². The monoisotopic (exact) mass is 455 g/mol. The van der Waals surface area contributed by atoms with E-state index in [-0.39, 0.29) is 24.1 Å². The van der Waals surface area contributed by atoms with Gasteiger partial charge in [0.15, 0.2) is 0 Å². The molecule has 1 fully saturated rings. The van der Waals surface area contributed by atoms with Crippen LogP contribution in [0.1, 0.15) is 52.2 Å². The molecule has 0 spiro atoms. The fourth-order valence-corrected chi connectivity index (χ4v) is 4.90. The maximum atomic E-state index is 13.2. The Morgan fingerprint density at radius 1 is 1.21 bits per heavy atom. The fraction of sp³-hybridized carbons (Fsp3) is 0.333. The maximum Gasteiger partial charge on any atom is 0.387 e. The van der Waals surface area contributed by atoms with Gasteiger partial charge in [0.25, 0.3) is 11.8 Å². The highest BCUT2D eigenvalue weighted by Crippen LogP contribution is 2.50. The van der Waals surface area contributed by atoms with Gasteiger partial charge in [0.1, 0.15) is 11.6 Å². The number of alkyl halides is 4. The molecule has 2 bridgehead atoms. The van der Waals surface area contributed by atoms with Gasteiger partial charge in [-0.3, -0.25) is 4.79 Å². The molecule has 2 unspecified atom stereocenters. The molecule has 0 radical (unpaired) electrons. The van der Waals surface area contributed by atoms with Crippen LogP contribution in [0.25, 0.3) is 11.0 Å². The third-order valence-electron chi connectivity index (χ3n) is 6.62. The lowest BCUT2D eigenvalue weighted by atomic mass is 9.97. The molecule has 6 rings (SSSR count). The van der Waals surface area contributed by atoms with Gasteiger partial charge in [-0.2, -0.15) is 8.78 Å². The lowest BCUT2D eigenvalue weighted by molar-refractivity contribution is -0.0507. The second-order valence-corrected chi connectivity index (χ2v) is 8.61. The average molecular weight is 455 g/mol. The van der Waals surface area contributed by atoms with Crippen LogP contribution in [0.5, 0.6) is 5.75 Å². The van der Waals surface area contributed by atoms with E-state index in [4.69, 9.17) is 9.72 Å². The van der Waals surface area contributed by atoms with Crippen molar-refractivity contribution < 1.29 is 27.1 Å². The molecular weight excluding hydrogens is 438 g/mol. The van der Waals surface area contributed by atoms with Crippen molar-refractivity contribution in [1.29, 1.82) is 0 Å². The van der Waals surface area contributed by atoms with Crippen molar-refractivity contribution >= 4 is 16.9 Å². The van der Waals surface area contributed by atoms with E-state index in [9.17, 15) is 22.4 Å². The van der Waals surface area contributed by atoms with Crippen LogP contribution >= 0.6 is 0 Å². The minimum Gasteiger partial charge on any atom is -0.434 e. The molecule has 3 atom stereocenters. The van der Waals surface area contributed by atoms with Crippen LogP contribution in [0.3, 0.4) is 0 Å². The van der Waals surface area contributed by atoms with Gasteiger partial charge in [0.2, 0.25) is 0 Å². The second-order valence-electron chi connectivity index (χ2n) is 8.61. The highest BCUT2D eigenvalue weighted by atomic mass is 19.3. The molecule has 3 aromatic rings. The molecule has 3 aliphatic rings. The highest BCUT2D eigenvalue weighted by Gasteiger charge is 2.56. The molecule has 5 nitrogen and oxygen atoms in total. The predicted octanol–water partition coefficient (Wildman–Crippen LogP) is 4.76. The summed E-state index contributed by atoms with van der Waals surface area (Å²) >= 11 is 0. The third kappa shape index (κ3) is 3.00. The Morgan fingerprint density at radius 3 is 2.73 bits per heavy atom. The number of rotatable bonds is 2. The minimum atomic E-state index is -3.04. The smallest absolute Gasteiger partial charge is 0.387 e. The van der Waals surface area contributed by atoms with E-state index in [0.29, 0.717) is 40.0 Å². The van der Waals surface area contributed by atoms with Crippen LogP contribution in [0, 0.1) is 17.8 Å². The van der Waals surface area contributed by atoms with Crippen LogP contribution in [0.2, 0.25) is 0 Å². The number of hydrogen-bond donors (Lipinski definition) is 0. The van der Waals surface area contributed by atoms with Crippen LogP contribution < -0.4 is 4.74 Å². The Balaban J connectivity index is 1.52. The summed E-state index contributed by atoms with van der Waals surface area (Å²) < 4.78 is 59.4. The van der Waals surface area contributed by atoms with Gasteiger partial charge in [0, 0.05) is 36.6 Å². The van der Waals surface area contributed by atoms with Crippen LogP contribution in [0.15, 0.2) is 36.4 Å². The summed E-state index contributed by atoms with van der Waals surface area (Å²) in [6.45, 7) is -3.04. The maximum absolute atomic E-state index is 13.2. The number of imidazole rings is 1. The average Bonchev–Trinajstić information content (AvgIpc) is 3.09. The molecule has 1 amide bonds. The molecule has 1 saturated carbocycles. The highest BCUT2D eigenvalue weighted by molar-refractivity contribution is 5.97. The Bertz CT molecular complexity index is 1390. The molecule has 0 N–H and O–H groups in total. The molecule has 2 aliphatic heterocycles. The molecular formula is C24H17F4N3O2. The molecule has 1 aliphatic carbocycles. The fourth-order valence-electron chi connectivity index (χ4n) is 4.90. The summed E-state index contributed by atoms with van der Waals surface area (Å²) in [5.74, 6) is 2.11. The Labute approximate surface area is 186 Å². The molecule has 168 valence electrons. The van der Waals surface area contributed by atoms with Gasteiger partial charge >= 0.3 is 6.61 Å². The topological polar surface area (TPSA) is 47.4 Å². The van der Waals surface area contributed by atoms with E-state index in [1.807, 2.05) is 4.57 Å². The number of fused-ring (bicyclic) bond motifs is 9. The number of carbonyl (C=O) groups is 1. The van der Waals surface area contributed by atoms with Crippen molar-refractivity contribution in [2.75, 3.05) is 7.05 Å². The Hall–Kier alpha value is -3.54. The first kappa shape index (κ1) is 20.1. The molecule has 9 heteroatoms. The number of nitrogens with zero attached hydrogens (tertiary/aromatic N) is 3. The summed E-state index contributed by atoms with van der Waals surface area (Å²) in [6, 6.07) is 9.01. The van der Waals surface area contributed by atoms with Crippen LogP contribution in [-0.4, -0.2) is 39.9 Å². The second kappa shape index (κ2) is 6.73. The molecule has 33 heavy (non-hydrogen) atoms. The lowest BCUT2D eigenvalue weighted by Crippen LogP contribution is -2.30. The van der Waals surface area contributed by atoms with Crippen LogP contribution in [0.4, 0.5) is 17.6 Å². The minimum absolute atomic E-state index is 0.0449. The zero-order chi connectivity index (χ0) is 23.1. The first-order valence-electron chi connectivity index (χ1n) is 10.5. The first-order valence-corrected chi connectivity index (χ1v) is 10.5. The van der Waals surface area contributed by atoms with Crippen molar-refractivity contribution in [2.45, 2.75) is 37.5 Å². The number of benzene rings is 2. The lowest BCUT2D eigenvalue weighted by Gasteiger charge is -2.24. The first-order chi connectivity index (χ1) is 15.7. The third-order valence-corrected chi connectivity index (χ3v) is 6.62. The largest absolute Gasteiger partial charge is 0.434 e. The predicted molar refractivity (Wildman–Crippen MR) is 110 cm³/mol. The number of amides is 1. The molecule has 0 saturated heterocycles. The van der Waals surface area contributed by atoms with Crippen molar-refractivity contribution in [3.8, 4) is 17.6 Å². The van der Waals surface area contributed by atoms with Gasteiger partial charge in [-0.05, 0) is 30.3 Å². The van der Waals surface area contributed by atoms with Gasteiger partial charge in [0.05, 0.1) is 29.0 Å². The van der Waals surface area contributed by atoms with E-state index in [0.717, 1.165) is 0 Å². The zero-order valence-electron chi connectivity index (χ0n) is 17.4. The summed E-state index contributed by atoms with van der Waals surface area (Å²) in [5.41, 5.74) is 2.62. The number of halogens is 4. The zero-order valence-corrected chi connectivity index (χ0v) is 17.4. The van der Waals surface area contributed by atoms with Crippen molar-refractivity contribution in [2.24, 2.45) is 5.92 Å². The van der Waals surface area contributed by atoms with E-state index < -0.39 is 24.5 Å². The number of aromatic nitrogens is 2. The summed E-state index contributed by atoms with van der Waals surface area (Å²) in [7, 11) is 1.67. The van der Waals surface area contributed by atoms with Crippen molar-refractivity contribution in [1.82, 2.24) is 14.5 Å². The molecule has 1 aromatic heterocycles. The standard InChI is InChI=1S/C24H17F4N3O2/c1-30-18-10-17(20-14(22(30)32)3-2-4-19(20)33-23(25)26)31-16-9-12(5-7-13-11-24(13,27)28)6-8-15(16)29-21(18)31/h2-4,6,8-9,13,17-18,23H,10-11H2,1H3/t13?,17-,18?/m1/s1. The van der Waals surface area contributed by atoms with Crippen LogP contribution in [-0.2, 0) is 0 Å². The van der Waals surface area contributed by atoms with E-state index in [2.05, 4.69) is 11.8 Å². The summed E-state index contributed by atoms with van der Waals surface area (Å²) in [5, 5.41) is 0. The van der Waals surface area contributed by atoms with E-state index in [1.54, 1.807) is 36.2 Å². The number of hydrogen-bond acceptors (Lipinski definition) is 3. The summed E-state index contributed by atoms with van der Waals surface area (Å²) in [4.78, 5) is 19.4. The van der Waals surface area contributed by atoms with Gasteiger partial charge < -0.3 is 14.2 Å². The Kier molecular flexibility index (Phi) is 4.10. The molecule has 3 heterocycles. The van der Waals surface area contributed by atoms with Crippen molar-refractivity contribution in [3.63, 3.8) is 0 Å². The Morgan fingerprint density at radius 2 is 2.00 bits per heavy atom. The van der Waals surface area contributed by atoms with Gasteiger partial charge in [-0.1, -0.05) is 17.9 Å². The molecule has 2 aromatic carbocycles. The van der Waals surface area contributed by atoms with Crippen molar-refractivity contribution in [3.05, 3.63) is 58.9 Å².